The Balaban J connectivity index is 1.71. The van der Waals surface area contributed by atoms with Gasteiger partial charge in [-0.1, -0.05) is 55.8 Å². The van der Waals surface area contributed by atoms with Crippen LogP contribution in [0.4, 0.5) is 0 Å². The van der Waals surface area contributed by atoms with Crippen LogP contribution in [0.15, 0.2) is 36.4 Å². The monoisotopic (exact) mass is 283 g/mol. The normalized spacial score (nSPS) is 29.7. The smallest absolute Gasteiger partial charge is 0.230 e. The minimum absolute atomic E-state index is 0.111. The van der Waals surface area contributed by atoms with Crippen LogP contribution in [0.25, 0.3) is 0 Å². The fourth-order valence-corrected chi connectivity index (χ4v) is 4.20. The molecule has 0 aromatic heterocycles. The Kier molecular flexibility index (Phi) is 3.23. The molecule has 0 unspecified atom stereocenters. The minimum atomic E-state index is -0.307. The summed E-state index contributed by atoms with van der Waals surface area (Å²) in [5.74, 6) is 0.802. The van der Waals surface area contributed by atoms with E-state index in [-0.39, 0.29) is 16.7 Å². The van der Waals surface area contributed by atoms with Crippen molar-refractivity contribution in [2.75, 3.05) is 0 Å². The van der Waals surface area contributed by atoms with Crippen molar-refractivity contribution in [1.82, 2.24) is 5.32 Å². The molecule has 2 heteroatoms. The molecular weight excluding hydrogens is 258 g/mol. The van der Waals surface area contributed by atoms with Crippen LogP contribution >= 0.6 is 0 Å². The van der Waals surface area contributed by atoms with Crippen molar-refractivity contribution < 1.29 is 4.79 Å². The summed E-state index contributed by atoms with van der Waals surface area (Å²) in [4.78, 5) is 12.8. The van der Waals surface area contributed by atoms with Crippen LogP contribution in [0.3, 0.4) is 0 Å². The molecule has 0 radical (unpaired) electrons. The number of nitrogens with one attached hydrogen (secondary N) is 1. The summed E-state index contributed by atoms with van der Waals surface area (Å²) in [6, 6.07) is 8.34. The summed E-state index contributed by atoms with van der Waals surface area (Å²) >= 11 is 0. The predicted molar refractivity (Wildman–Crippen MR) is 85.7 cm³/mol. The van der Waals surface area contributed by atoms with Crippen molar-refractivity contribution in [2.45, 2.75) is 46.6 Å². The molecule has 0 saturated heterocycles. The van der Waals surface area contributed by atoms with Crippen molar-refractivity contribution in [1.29, 1.82) is 0 Å². The van der Waals surface area contributed by atoms with Crippen molar-refractivity contribution in [2.24, 2.45) is 16.7 Å². The van der Waals surface area contributed by atoms with Gasteiger partial charge in [-0.3, -0.25) is 4.79 Å². The van der Waals surface area contributed by atoms with Crippen LogP contribution in [0.5, 0.6) is 0 Å². The summed E-state index contributed by atoms with van der Waals surface area (Å²) in [6.07, 6.45) is 3.11. The fraction of sp³-hybridized carbons (Fsp3) is 0.526. The number of aryl methyl sites for hydroxylation is 1. The molecule has 2 aliphatic carbocycles. The highest BCUT2D eigenvalue weighted by Gasteiger charge is 2.60. The lowest BCUT2D eigenvalue weighted by Crippen LogP contribution is -2.41. The topological polar surface area (TPSA) is 29.1 Å². The predicted octanol–water partition coefficient (Wildman–Crippen LogP) is 3.99. The van der Waals surface area contributed by atoms with Gasteiger partial charge in [0.05, 0.1) is 5.41 Å². The fourth-order valence-electron chi connectivity index (χ4n) is 4.20. The third-order valence-electron chi connectivity index (χ3n) is 5.90. The van der Waals surface area contributed by atoms with Gasteiger partial charge in [-0.2, -0.15) is 0 Å². The number of hydrogen-bond acceptors (Lipinski definition) is 1. The number of benzene rings is 1. The molecular formula is C19H25NO. The van der Waals surface area contributed by atoms with E-state index in [1.807, 2.05) is 0 Å². The summed E-state index contributed by atoms with van der Waals surface area (Å²) in [5, 5.41) is 3.15. The summed E-state index contributed by atoms with van der Waals surface area (Å²) in [7, 11) is 0. The molecule has 112 valence electrons. The van der Waals surface area contributed by atoms with Crippen molar-refractivity contribution in [3.63, 3.8) is 0 Å². The lowest BCUT2D eigenvalue weighted by molar-refractivity contribution is -0.128. The van der Waals surface area contributed by atoms with Crippen LogP contribution < -0.4 is 5.32 Å². The largest absolute Gasteiger partial charge is 0.351 e. The number of fused-ring (bicyclic) bond motifs is 2. The zero-order valence-electron chi connectivity index (χ0n) is 13.3. The van der Waals surface area contributed by atoms with Gasteiger partial charge in [0.15, 0.2) is 0 Å². The summed E-state index contributed by atoms with van der Waals surface area (Å²) in [6.45, 7) is 11.5. The van der Waals surface area contributed by atoms with Gasteiger partial charge in [-0.15, -0.1) is 0 Å². The van der Waals surface area contributed by atoms with Gasteiger partial charge in [0.2, 0.25) is 5.91 Å². The van der Waals surface area contributed by atoms with E-state index in [1.165, 1.54) is 5.56 Å². The first-order valence-corrected chi connectivity index (χ1v) is 7.90. The summed E-state index contributed by atoms with van der Waals surface area (Å²) < 4.78 is 0. The van der Waals surface area contributed by atoms with Crippen LogP contribution in [-0.2, 0) is 11.3 Å². The molecule has 0 heterocycles. The van der Waals surface area contributed by atoms with Crippen LogP contribution in [0.2, 0.25) is 0 Å². The zero-order valence-corrected chi connectivity index (χ0v) is 13.3. The number of hydrogen-bond donors (Lipinski definition) is 1. The van der Waals surface area contributed by atoms with Gasteiger partial charge in [-0.25, -0.2) is 0 Å². The summed E-state index contributed by atoms with van der Waals surface area (Å²) in [5.41, 5.74) is 3.35. The van der Waals surface area contributed by atoms with E-state index in [9.17, 15) is 4.79 Å². The van der Waals surface area contributed by atoms with Crippen LogP contribution in [0, 0.1) is 23.7 Å². The molecule has 21 heavy (non-hydrogen) atoms. The van der Waals surface area contributed by atoms with Crippen LogP contribution in [0.1, 0.15) is 44.2 Å². The molecule has 2 nitrogen and oxygen atoms in total. The average Bonchev–Trinajstić information content (AvgIpc) is 2.98. The molecule has 2 aliphatic rings. The minimum Gasteiger partial charge on any atom is -0.351 e. The maximum Gasteiger partial charge on any atom is 0.230 e. The molecule has 1 aromatic carbocycles. The highest BCUT2D eigenvalue weighted by molar-refractivity contribution is 5.87. The molecule has 0 aliphatic heterocycles. The van der Waals surface area contributed by atoms with Gasteiger partial charge >= 0.3 is 0 Å². The third kappa shape index (κ3) is 2.12. The standard InChI is InChI=1S/C19H25NO/c1-13-5-7-15(8-6-13)12-20-17(21)19-10-9-16(11-19)18(3,4)14(19)2/h5-8,16H,2,9-12H2,1,3-4H3,(H,20,21)/t16-,19+/m0/s1. The number of carbonyl (C=O) groups is 1. The Bertz CT molecular complexity index is 584. The van der Waals surface area contributed by atoms with Gasteiger partial charge < -0.3 is 5.32 Å². The van der Waals surface area contributed by atoms with Gasteiger partial charge in [0.1, 0.15) is 0 Å². The van der Waals surface area contributed by atoms with Crippen LogP contribution in [-0.4, -0.2) is 5.91 Å². The molecule has 2 atom stereocenters. The number of rotatable bonds is 3. The quantitative estimate of drug-likeness (QED) is 0.835. The third-order valence-corrected chi connectivity index (χ3v) is 5.90. The van der Waals surface area contributed by atoms with Gasteiger partial charge in [0.25, 0.3) is 0 Å². The van der Waals surface area contributed by atoms with E-state index in [0.29, 0.717) is 12.5 Å². The first-order valence-electron chi connectivity index (χ1n) is 7.90. The van der Waals surface area contributed by atoms with Crippen molar-refractivity contribution >= 4 is 5.91 Å². The van der Waals surface area contributed by atoms with E-state index >= 15 is 0 Å². The first kappa shape index (κ1) is 14.4. The average molecular weight is 283 g/mol. The number of carbonyl (C=O) groups excluding carboxylic acids is 1. The Morgan fingerprint density at radius 1 is 1.33 bits per heavy atom. The SMILES string of the molecule is C=C1C(C)(C)[C@H]2CC[C@@]1(C(=O)NCc1ccc(C)cc1)C2. The lowest BCUT2D eigenvalue weighted by atomic mass is 9.68. The molecule has 1 aromatic rings. The molecule has 2 fully saturated rings. The van der Waals surface area contributed by atoms with Crippen molar-refractivity contribution in [3.05, 3.63) is 47.5 Å². The Morgan fingerprint density at radius 2 is 2.00 bits per heavy atom. The first-order chi connectivity index (χ1) is 9.86. The van der Waals surface area contributed by atoms with E-state index < -0.39 is 0 Å². The number of amides is 1. The molecule has 2 bridgehead atoms. The second-order valence-electron chi connectivity index (χ2n) is 7.39. The highest BCUT2D eigenvalue weighted by atomic mass is 16.2. The van der Waals surface area contributed by atoms with E-state index in [1.54, 1.807) is 0 Å². The molecule has 0 spiro atoms. The molecule has 1 N–H and O–H groups in total. The van der Waals surface area contributed by atoms with Gasteiger partial charge in [-0.05, 0) is 43.1 Å². The molecule has 2 saturated carbocycles. The van der Waals surface area contributed by atoms with Gasteiger partial charge in [0, 0.05) is 6.54 Å². The maximum absolute atomic E-state index is 12.8. The van der Waals surface area contributed by atoms with E-state index in [4.69, 9.17) is 0 Å². The van der Waals surface area contributed by atoms with E-state index in [0.717, 1.165) is 30.4 Å². The second-order valence-corrected chi connectivity index (χ2v) is 7.39. The Morgan fingerprint density at radius 3 is 2.57 bits per heavy atom. The highest BCUT2D eigenvalue weighted by Crippen LogP contribution is 2.65. The maximum atomic E-state index is 12.8. The Labute approximate surface area is 127 Å². The van der Waals surface area contributed by atoms with E-state index in [2.05, 4.69) is 56.9 Å². The lowest BCUT2D eigenvalue weighted by Gasteiger charge is -2.37. The molecule has 3 rings (SSSR count). The van der Waals surface area contributed by atoms with Crippen molar-refractivity contribution in [3.8, 4) is 0 Å². The second kappa shape index (κ2) is 4.72. The molecule has 1 amide bonds. The Hall–Kier alpha value is -1.57. The zero-order chi connectivity index (χ0) is 15.3.